The minimum Gasteiger partial charge on any atom is -0.399 e. The third kappa shape index (κ3) is 2.41. The molecule has 0 aliphatic carbocycles. The predicted molar refractivity (Wildman–Crippen MR) is 71.4 cm³/mol. The maximum absolute atomic E-state index is 11.4. The standard InChI is InChI=1S/C13H19N3O2/c1-8(17)9-4-5-16(7-9)12-6-10(14)2-3-11(12)13(15)18/h2-3,6,8-9,17H,4-5,7,14H2,1H3,(H2,15,18). The molecule has 2 rings (SSSR count). The third-order valence-corrected chi connectivity index (χ3v) is 3.53. The average Bonchev–Trinajstić information content (AvgIpc) is 2.77. The zero-order valence-corrected chi connectivity index (χ0v) is 10.5. The van der Waals surface area contributed by atoms with Crippen LogP contribution in [0.25, 0.3) is 0 Å². The van der Waals surface area contributed by atoms with E-state index in [0.29, 0.717) is 11.3 Å². The van der Waals surface area contributed by atoms with Gasteiger partial charge in [0.2, 0.25) is 0 Å². The van der Waals surface area contributed by atoms with Gasteiger partial charge in [-0.2, -0.15) is 0 Å². The summed E-state index contributed by atoms with van der Waals surface area (Å²) in [6.45, 7) is 3.32. The van der Waals surface area contributed by atoms with Crippen LogP contribution in [0.2, 0.25) is 0 Å². The molecule has 18 heavy (non-hydrogen) atoms. The van der Waals surface area contributed by atoms with Gasteiger partial charge in [0, 0.05) is 24.7 Å². The van der Waals surface area contributed by atoms with Gasteiger partial charge in [-0.05, 0) is 31.5 Å². The van der Waals surface area contributed by atoms with E-state index >= 15 is 0 Å². The first-order chi connectivity index (χ1) is 8.49. The van der Waals surface area contributed by atoms with E-state index in [2.05, 4.69) is 4.90 Å². The Morgan fingerprint density at radius 2 is 2.28 bits per heavy atom. The molecule has 0 radical (unpaired) electrons. The van der Waals surface area contributed by atoms with Crippen LogP contribution in [-0.4, -0.2) is 30.2 Å². The Bertz CT molecular complexity index is 460. The largest absolute Gasteiger partial charge is 0.399 e. The van der Waals surface area contributed by atoms with Gasteiger partial charge in [0.05, 0.1) is 17.4 Å². The molecule has 0 bridgehead atoms. The summed E-state index contributed by atoms with van der Waals surface area (Å²) in [6.07, 6.45) is 0.568. The number of nitrogens with two attached hydrogens (primary N) is 2. The minimum atomic E-state index is -0.453. The second-order valence-electron chi connectivity index (χ2n) is 4.88. The van der Waals surface area contributed by atoms with Crippen molar-refractivity contribution in [1.29, 1.82) is 0 Å². The zero-order valence-electron chi connectivity index (χ0n) is 10.5. The lowest BCUT2D eigenvalue weighted by molar-refractivity contribution is 0.100. The van der Waals surface area contributed by atoms with Gasteiger partial charge in [0.1, 0.15) is 0 Å². The van der Waals surface area contributed by atoms with Gasteiger partial charge in [-0.1, -0.05) is 0 Å². The van der Waals surface area contributed by atoms with Crippen LogP contribution in [0.5, 0.6) is 0 Å². The van der Waals surface area contributed by atoms with Crippen LogP contribution >= 0.6 is 0 Å². The number of nitrogens with zero attached hydrogens (tertiary/aromatic N) is 1. The molecule has 1 saturated heterocycles. The first kappa shape index (κ1) is 12.7. The van der Waals surface area contributed by atoms with Crippen molar-refractivity contribution in [2.75, 3.05) is 23.7 Å². The summed E-state index contributed by atoms with van der Waals surface area (Å²) in [6, 6.07) is 5.10. The molecular formula is C13H19N3O2. The maximum atomic E-state index is 11.4. The van der Waals surface area contributed by atoms with Crippen molar-refractivity contribution in [1.82, 2.24) is 0 Å². The van der Waals surface area contributed by atoms with Gasteiger partial charge in [-0.25, -0.2) is 0 Å². The maximum Gasteiger partial charge on any atom is 0.250 e. The SMILES string of the molecule is CC(O)C1CCN(c2cc(N)ccc2C(N)=O)C1. The smallest absolute Gasteiger partial charge is 0.250 e. The number of benzene rings is 1. The van der Waals surface area contributed by atoms with Crippen molar-refractivity contribution < 1.29 is 9.90 Å². The highest BCUT2D eigenvalue weighted by Gasteiger charge is 2.28. The average molecular weight is 249 g/mol. The van der Waals surface area contributed by atoms with Crippen LogP contribution in [0.15, 0.2) is 18.2 Å². The molecule has 0 spiro atoms. The topological polar surface area (TPSA) is 92.6 Å². The summed E-state index contributed by atoms with van der Waals surface area (Å²) in [4.78, 5) is 13.5. The Morgan fingerprint density at radius 3 is 2.83 bits per heavy atom. The molecule has 1 aromatic rings. The van der Waals surface area contributed by atoms with E-state index in [1.807, 2.05) is 0 Å². The summed E-state index contributed by atoms with van der Waals surface area (Å²) in [5, 5.41) is 9.61. The summed E-state index contributed by atoms with van der Waals surface area (Å²) < 4.78 is 0. The fraction of sp³-hybridized carbons (Fsp3) is 0.462. The molecule has 1 aromatic carbocycles. The number of aliphatic hydroxyl groups excluding tert-OH is 1. The highest BCUT2D eigenvalue weighted by Crippen LogP contribution is 2.30. The summed E-state index contributed by atoms with van der Waals surface area (Å²) in [5.74, 6) is -0.224. The minimum absolute atomic E-state index is 0.229. The predicted octanol–water partition coefficient (Wildman–Crippen LogP) is 0.575. The highest BCUT2D eigenvalue weighted by molar-refractivity contribution is 5.99. The van der Waals surface area contributed by atoms with E-state index in [4.69, 9.17) is 11.5 Å². The number of nitrogen functional groups attached to an aromatic ring is 1. The third-order valence-electron chi connectivity index (χ3n) is 3.53. The van der Waals surface area contributed by atoms with Crippen molar-refractivity contribution in [3.8, 4) is 0 Å². The molecule has 2 unspecified atom stereocenters. The molecule has 98 valence electrons. The summed E-state index contributed by atoms with van der Waals surface area (Å²) in [7, 11) is 0. The van der Waals surface area contributed by atoms with E-state index in [1.54, 1.807) is 25.1 Å². The van der Waals surface area contributed by atoms with E-state index in [-0.39, 0.29) is 12.0 Å². The Hall–Kier alpha value is -1.75. The quantitative estimate of drug-likeness (QED) is 0.683. The lowest BCUT2D eigenvalue weighted by Gasteiger charge is -2.22. The van der Waals surface area contributed by atoms with Crippen molar-refractivity contribution in [3.63, 3.8) is 0 Å². The zero-order chi connectivity index (χ0) is 13.3. The van der Waals surface area contributed by atoms with Crippen LogP contribution < -0.4 is 16.4 Å². The molecule has 5 heteroatoms. The first-order valence-corrected chi connectivity index (χ1v) is 6.11. The summed E-state index contributed by atoms with van der Waals surface area (Å²) in [5.41, 5.74) is 13.0. The van der Waals surface area contributed by atoms with Gasteiger partial charge in [0.15, 0.2) is 0 Å². The van der Waals surface area contributed by atoms with Crippen molar-refractivity contribution in [3.05, 3.63) is 23.8 Å². The van der Waals surface area contributed by atoms with E-state index in [0.717, 1.165) is 25.2 Å². The number of amides is 1. The number of carbonyl (C=O) groups is 1. The fourth-order valence-electron chi connectivity index (χ4n) is 2.42. The number of rotatable bonds is 3. The first-order valence-electron chi connectivity index (χ1n) is 6.11. The number of anilines is 2. The molecule has 1 amide bonds. The number of primary amides is 1. The van der Waals surface area contributed by atoms with E-state index in [1.165, 1.54) is 0 Å². The molecule has 1 aliphatic rings. The molecule has 0 aromatic heterocycles. The summed E-state index contributed by atoms with van der Waals surface area (Å²) >= 11 is 0. The molecule has 1 aliphatic heterocycles. The second-order valence-corrected chi connectivity index (χ2v) is 4.88. The molecule has 0 saturated carbocycles. The molecule has 2 atom stereocenters. The normalized spacial score (nSPS) is 21.0. The monoisotopic (exact) mass is 249 g/mol. The Labute approximate surface area is 106 Å². The molecule has 5 N–H and O–H groups in total. The van der Waals surface area contributed by atoms with Crippen LogP contribution in [-0.2, 0) is 0 Å². The lowest BCUT2D eigenvalue weighted by Crippen LogP contribution is -2.26. The van der Waals surface area contributed by atoms with E-state index < -0.39 is 5.91 Å². The van der Waals surface area contributed by atoms with Gasteiger partial charge in [-0.15, -0.1) is 0 Å². The van der Waals surface area contributed by atoms with Crippen LogP contribution in [0.1, 0.15) is 23.7 Å². The highest BCUT2D eigenvalue weighted by atomic mass is 16.3. The number of aliphatic hydroxyl groups is 1. The lowest BCUT2D eigenvalue weighted by atomic mass is 10.0. The van der Waals surface area contributed by atoms with Crippen molar-refractivity contribution in [2.45, 2.75) is 19.4 Å². The van der Waals surface area contributed by atoms with Gasteiger partial charge in [0.25, 0.3) is 5.91 Å². The van der Waals surface area contributed by atoms with Crippen molar-refractivity contribution >= 4 is 17.3 Å². The molecule has 5 nitrogen and oxygen atoms in total. The Kier molecular flexibility index (Phi) is 3.43. The molecule has 1 fully saturated rings. The molecular weight excluding hydrogens is 230 g/mol. The molecule has 1 heterocycles. The van der Waals surface area contributed by atoms with Crippen LogP contribution in [0.4, 0.5) is 11.4 Å². The van der Waals surface area contributed by atoms with Crippen LogP contribution in [0.3, 0.4) is 0 Å². The van der Waals surface area contributed by atoms with Gasteiger partial charge < -0.3 is 21.5 Å². The number of carbonyl (C=O) groups excluding carboxylic acids is 1. The Balaban J connectivity index is 2.28. The van der Waals surface area contributed by atoms with Gasteiger partial charge >= 0.3 is 0 Å². The fourth-order valence-corrected chi connectivity index (χ4v) is 2.42. The number of hydrogen-bond acceptors (Lipinski definition) is 4. The van der Waals surface area contributed by atoms with Gasteiger partial charge in [-0.3, -0.25) is 4.79 Å². The second kappa shape index (κ2) is 4.86. The van der Waals surface area contributed by atoms with Crippen LogP contribution in [0, 0.1) is 5.92 Å². The van der Waals surface area contributed by atoms with Crippen molar-refractivity contribution in [2.24, 2.45) is 11.7 Å². The Morgan fingerprint density at radius 1 is 1.56 bits per heavy atom. The van der Waals surface area contributed by atoms with E-state index in [9.17, 15) is 9.90 Å². The number of hydrogen-bond donors (Lipinski definition) is 3.